The van der Waals surface area contributed by atoms with Crippen LogP contribution in [0.2, 0.25) is 5.02 Å². The van der Waals surface area contributed by atoms with Crippen molar-refractivity contribution in [2.24, 2.45) is 0 Å². The molecule has 156 valence electrons. The zero-order valence-electron chi connectivity index (χ0n) is 17.5. The highest BCUT2D eigenvalue weighted by molar-refractivity contribution is 6.31. The average Bonchev–Trinajstić information content (AvgIpc) is 3.06. The molecule has 3 aromatic heterocycles. The molecule has 4 aromatic rings. The zero-order chi connectivity index (χ0) is 22.1. The molecule has 3 heterocycles. The molecule has 0 aliphatic carbocycles. The first-order valence-electron chi connectivity index (χ1n) is 9.68. The highest BCUT2D eigenvalue weighted by atomic mass is 35.5. The summed E-state index contributed by atoms with van der Waals surface area (Å²) in [4.78, 5) is 21.7. The number of carbonyl (C=O) groups is 1. The van der Waals surface area contributed by atoms with E-state index < -0.39 is 17.5 Å². The summed E-state index contributed by atoms with van der Waals surface area (Å²) in [5, 5.41) is 2.00. The minimum absolute atomic E-state index is 0.412. The van der Waals surface area contributed by atoms with Crippen LogP contribution in [0.25, 0.3) is 33.3 Å². The molecule has 5 nitrogen and oxygen atoms in total. The van der Waals surface area contributed by atoms with Crippen molar-refractivity contribution in [3.05, 3.63) is 59.5 Å². The van der Waals surface area contributed by atoms with Crippen molar-refractivity contribution in [1.29, 1.82) is 0 Å². The number of nitrogens with zero attached hydrogens (tertiary/aromatic N) is 3. The lowest BCUT2D eigenvalue weighted by molar-refractivity contribution is 0.0547. The van der Waals surface area contributed by atoms with Gasteiger partial charge < -0.3 is 4.74 Å². The van der Waals surface area contributed by atoms with Crippen LogP contribution < -0.4 is 0 Å². The molecule has 0 bridgehead atoms. The Hall–Kier alpha value is -2.99. The Labute approximate surface area is 179 Å². The summed E-state index contributed by atoms with van der Waals surface area (Å²) in [5.74, 6) is -0.440. The Kier molecular flexibility index (Phi) is 6.08. The first-order chi connectivity index (χ1) is 14.2. The maximum absolute atomic E-state index is 13.9. The van der Waals surface area contributed by atoms with Crippen molar-refractivity contribution in [2.75, 3.05) is 0 Å². The summed E-state index contributed by atoms with van der Waals surface area (Å²) in [6.07, 6.45) is 0.911. The van der Waals surface area contributed by atoms with Crippen molar-refractivity contribution in [2.45, 2.75) is 40.2 Å². The third kappa shape index (κ3) is 4.44. The van der Waals surface area contributed by atoms with Crippen molar-refractivity contribution in [3.63, 3.8) is 0 Å². The lowest BCUT2D eigenvalue weighted by Gasteiger charge is -2.21. The van der Waals surface area contributed by atoms with Gasteiger partial charge in [-0.05, 0) is 63.2 Å². The van der Waals surface area contributed by atoms with Gasteiger partial charge in [0.25, 0.3) is 0 Å². The van der Waals surface area contributed by atoms with Crippen molar-refractivity contribution < 1.29 is 13.9 Å². The fourth-order valence-corrected chi connectivity index (χ4v) is 3.16. The number of aromatic nitrogens is 3. The normalized spacial score (nSPS) is 11.3. The maximum Gasteiger partial charge on any atom is 0.419 e. The van der Waals surface area contributed by atoms with E-state index in [1.54, 1.807) is 45.0 Å². The standard InChI is InChI=1S/C21H17ClFN3O2.C2H6/c1-21(2,3)28-20(27)26-17-10-15(23)6-4-12(17)9-18(26)16-7-5-13-8-14(22)11-24-19(13)25-16;1-2/h4-11H,1-3H3;1-2H3. The lowest BCUT2D eigenvalue weighted by atomic mass is 10.2. The van der Waals surface area contributed by atoms with Crippen LogP contribution >= 0.6 is 11.6 Å². The van der Waals surface area contributed by atoms with E-state index in [0.717, 1.165) is 5.39 Å². The minimum Gasteiger partial charge on any atom is -0.443 e. The number of fused-ring (bicyclic) bond motifs is 2. The van der Waals surface area contributed by atoms with Crippen LogP contribution in [0.5, 0.6) is 0 Å². The summed E-state index contributed by atoms with van der Waals surface area (Å²) in [6.45, 7) is 9.33. The lowest BCUT2D eigenvalue weighted by Crippen LogP contribution is -2.27. The number of pyridine rings is 2. The van der Waals surface area contributed by atoms with Crippen LogP contribution in [0.4, 0.5) is 9.18 Å². The van der Waals surface area contributed by atoms with E-state index in [-0.39, 0.29) is 0 Å². The molecule has 30 heavy (non-hydrogen) atoms. The van der Waals surface area contributed by atoms with Gasteiger partial charge in [0.2, 0.25) is 0 Å². The molecule has 0 aliphatic heterocycles. The summed E-state index contributed by atoms with van der Waals surface area (Å²) in [7, 11) is 0. The van der Waals surface area contributed by atoms with Gasteiger partial charge in [-0.15, -0.1) is 0 Å². The third-order valence-corrected chi connectivity index (χ3v) is 4.32. The Balaban J connectivity index is 0.00000124. The van der Waals surface area contributed by atoms with Crippen LogP contribution in [-0.4, -0.2) is 26.2 Å². The molecule has 0 N–H and O–H groups in total. The van der Waals surface area contributed by atoms with Crippen molar-refractivity contribution >= 4 is 39.6 Å². The van der Waals surface area contributed by atoms with E-state index >= 15 is 0 Å². The Bertz CT molecular complexity index is 1230. The quantitative estimate of drug-likeness (QED) is 0.333. The van der Waals surface area contributed by atoms with Crippen LogP contribution in [0.3, 0.4) is 0 Å². The van der Waals surface area contributed by atoms with Gasteiger partial charge in [-0.25, -0.2) is 23.7 Å². The molecule has 1 aromatic carbocycles. The predicted molar refractivity (Wildman–Crippen MR) is 118 cm³/mol. The Morgan fingerprint density at radius 2 is 1.77 bits per heavy atom. The van der Waals surface area contributed by atoms with Crippen molar-refractivity contribution in [3.8, 4) is 11.4 Å². The molecule has 0 amide bonds. The van der Waals surface area contributed by atoms with E-state index in [4.69, 9.17) is 16.3 Å². The summed E-state index contributed by atoms with van der Waals surface area (Å²) in [5.41, 5.74) is 1.22. The van der Waals surface area contributed by atoms with Gasteiger partial charge in [-0.1, -0.05) is 25.4 Å². The fraction of sp³-hybridized carbons (Fsp3) is 0.261. The first-order valence-corrected chi connectivity index (χ1v) is 10.1. The van der Waals surface area contributed by atoms with Gasteiger partial charge >= 0.3 is 6.09 Å². The Morgan fingerprint density at radius 1 is 1.07 bits per heavy atom. The molecule has 0 saturated carbocycles. The average molecular weight is 428 g/mol. The highest BCUT2D eigenvalue weighted by Gasteiger charge is 2.23. The largest absolute Gasteiger partial charge is 0.443 e. The van der Waals surface area contributed by atoms with Gasteiger partial charge in [0, 0.05) is 17.0 Å². The molecular weight excluding hydrogens is 405 g/mol. The summed E-state index contributed by atoms with van der Waals surface area (Å²) >= 11 is 5.98. The molecule has 0 atom stereocenters. The van der Waals surface area contributed by atoms with E-state index in [1.165, 1.54) is 22.9 Å². The number of hydrogen-bond acceptors (Lipinski definition) is 4. The molecular formula is C23H23ClFN3O2. The molecule has 0 unspecified atom stereocenters. The van der Waals surface area contributed by atoms with E-state index in [2.05, 4.69) is 9.97 Å². The van der Waals surface area contributed by atoms with Crippen molar-refractivity contribution in [1.82, 2.24) is 14.5 Å². The number of rotatable bonds is 1. The van der Waals surface area contributed by atoms with Crippen LogP contribution in [0.1, 0.15) is 34.6 Å². The van der Waals surface area contributed by atoms with E-state index in [1.807, 2.05) is 19.9 Å². The number of carbonyl (C=O) groups excluding carboxylic acids is 1. The topological polar surface area (TPSA) is 57.0 Å². The van der Waals surface area contributed by atoms with Crippen LogP contribution in [0.15, 0.2) is 48.7 Å². The van der Waals surface area contributed by atoms with Gasteiger partial charge in [0.1, 0.15) is 11.4 Å². The van der Waals surface area contributed by atoms with Gasteiger partial charge in [-0.3, -0.25) is 0 Å². The fourth-order valence-electron chi connectivity index (χ4n) is 2.99. The molecule has 7 heteroatoms. The number of ether oxygens (including phenoxy) is 1. The third-order valence-electron chi connectivity index (χ3n) is 4.11. The van der Waals surface area contributed by atoms with Crippen LogP contribution in [0, 0.1) is 5.82 Å². The number of hydrogen-bond donors (Lipinski definition) is 0. The minimum atomic E-state index is -0.701. The molecule has 0 radical (unpaired) electrons. The summed E-state index contributed by atoms with van der Waals surface area (Å²) in [6, 6.07) is 11.4. The maximum atomic E-state index is 13.9. The predicted octanol–water partition coefficient (Wildman–Crippen LogP) is 6.85. The zero-order valence-corrected chi connectivity index (χ0v) is 18.3. The Morgan fingerprint density at radius 3 is 2.47 bits per heavy atom. The van der Waals surface area contributed by atoms with E-state index in [9.17, 15) is 9.18 Å². The molecule has 4 rings (SSSR count). The molecule has 0 saturated heterocycles. The van der Waals surface area contributed by atoms with Gasteiger partial charge in [0.05, 0.1) is 21.9 Å². The second-order valence-electron chi connectivity index (χ2n) is 7.45. The SMILES string of the molecule is CC.CC(C)(C)OC(=O)n1c(-c2ccc3cc(Cl)cnc3n2)cc2ccc(F)cc21. The van der Waals surface area contributed by atoms with Gasteiger partial charge in [-0.2, -0.15) is 0 Å². The molecule has 0 fully saturated rings. The van der Waals surface area contributed by atoms with E-state index in [0.29, 0.717) is 33.0 Å². The van der Waals surface area contributed by atoms with Crippen LogP contribution in [-0.2, 0) is 4.74 Å². The second-order valence-corrected chi connectivity index (χ2v) is 7.88. The van der Waals surface area contributed by atoms with Gasteiger partial charge in [0.15, 0.2) is 5.65 Å². The number of halogens is 2. The molecule has 0 spiro atoms. The molecule has 0 aliphatic rings. The first kappa shape index (κ1) is 21.7. The highest BCUT2D eigenvalue weighted by Crippen LogP contribution is 2.30. The monoisotopic (exact) mass is 427 g/mol. The second kappa shape index (κ2) is 8.40. The summed E-state index contributed by atoms with van der Waals surface area (Å²) < 4.78 is 20.7. The smallest absolute Gasteiger partial charge is 0.419 e. The number of benzene rings is 1.